The molecule has 0 spiro atoms. The first-order valence-electron chi connectivity index (χ1n) is 3.25. The minimum Gasteiger partial charge on any atom is -0.285 e. The molecule has 0 aromatic carbocycles. The molecule has 1 N–H and O–H groups in total. The molecule has 0 fully saturated rings. The Balaban J connectivity index is 2.30. The molecule has 1 rings (SSSR count). The minimum absolute atomic E-state index is 1.14. The van der Waals surface area contributed by atoms with Crippen molar-refractivity contribution in [2.45, 2.75) is 19.8 Å². The topological polar surface area (TPSA) is 28.7 Å². The van der Waals surface area contributed by atoms with Crippen LogP contribution in [0.2, 0.25) is 0 Å². The fraction of sp³-hybridized carbons (Fsp3) is 0.429. The summed E-state index contributed by atoms with van der Waals surface area (Å²) in [6.07, 6.45) is 8.24. The van der Waals surface area contributed by atoms with E-state index in [1.54, 1.807) is 0 Å². The van der Waals surface area contributed by atoms with Gasteiger partial charge in [-0.2, -0.15) is 5.10 Å². The number of nitrogens with one attached hydrogen (secondary N) is 1. The zero-order valence-corrected chi connectivity index (χ0v) is 5.59. The molecule has 1 radical (unpaired) electrons. The van der Waals surface area contributed by atoms with E-state index < -0.39 is 0 Å². The number of aromatic nitrogens is 2. The second-order valence-electron chi connectivity index (χ2n) is 2.02. The van der Waals surface area contributed by atoms with E-state index in [1.165, 1.54) is 12.0 Å². The highest BCUT2D eigenvalue weighted by atomic mass is 15.1. The largest absolute Gasteiger partial charge is 0.285 e. The van der Waals surface area contributed by atoms with Gasteiger partial charge in [-0.25, -0.2) is 0 Å². The summed E-state index contributed by atoms with van der Waals surface area (Å²) >= 11 is 0. The third kappa shape index (κ3) is 1.88. The Hall–Kier alpha value is -0.790. The van der Waals surface area contributed by atoms with Crippen molar-refractivity contribution in [2.24, 2.45) is 0 Å². The average molecular weight is 123 g/mol. The molecule has 0 aliphatic carbocycles. The Morgan fingerprint density at radius 3 is 3.22 bits per heavy atom. The van der Waals surface area contributed by atoms with Crippen LogP contribution in [0.1, 0.15) is 25.3 Å². The fourth-order valence-corrected chi connectivity index (χ4v) is 0.684. The van der Waals surface area contributed by atoms with Gasteiger partial charge in [0, 0.05) is 6.20 Å². The number of nitrogens with zero attached hydrogens (tertiary/aromatic N) is 1. The van der Waals surface area contributed by atoms with E-state index in [4.69, 9.17) is 0 Å². The van der Waals surface area contributed by atoms with E-state index in [9.17, 15) is 0 Å². The monoisotopic (exact) mass is 123 g/mol. The van der Waals surface area contributed by atoms with Gasteiger partial charge in [0.1, 0.15) is 0 Å². The minimum atomic E-state index is 1.14. The molecule has 2 nitrogen and oxygen atoms in total. The summed E-state index contributed by atoms with van der Waals surface area (Å²) in [6, 6.07) is 0. The highest BCUT2D eigenvalue weighted by Crippen LogP contribution is 2.02. The van der Waals surface area contributed by atoms with Crippen LogP contribution in [0.3, 0.4) is 0 Å². The van der Waals surface area contributed by atoms with Crippen molar-refractivity contribution >= 4 is 0 Å². The molecule has 9 heavy (non-hydrogen) atoms. The zero-order valence-electron chi connectivity index (χ0n) is 5.59. The molecule has 0 saturated heterocycles. The highest BCUT2D eigenvalue weighted by Gasteiger charge is 1.90. The van der Waals surface area contributed by atoms with Gasteiger partial charge in [-0.15, -0.1) is 0 Å². The third-order valence-corrected chi connectivity index (χ3v) is 1.19. The van der Waals surface area contributed by atoms with Gasteiger partial charge in [0.15, 0.2) is 0 Å². The number of hydrogen-bond acceptors (Lipinski definition) is 1. The highest BCUT2D eigenvalue weighted by molar-refractivity contribution is 5.13. The number of unbranched alkanes of at least 4 members (excludes halogenated alkanes) is 1. The third-order valence-electron chi connectivity index (χ3n) is 1.19. The van der Waals surface area contributed by atoms with Gasteiger partial charge in [0.25, 0.3) is 0 Å². The van der Waals surface area contributed by atoms with E-state index in [0.29, 0.717) is 0 Å². The summed E-state index contributed by atoms with van der Waals surface area (Å²) in [6.45, 7) is 2.16. The van der Waals surface area contributed by atoms with Crippen LogP contribution >= 0.6 is 0 Å². The smallest absolute Gasteiger partial charge is 0.0522 e. The summed E-state index contributed by atoms with van der Waals surface area (Å²) in [5.74, 6) is 0. The van der Waals surface area contributed by atoms with Gasteiger partial charge in [-0.05, 0) is 18.4 Å². The molecule has 1 aromatic rings. The van der Waals surface area contributed by atoms with Crippen LogP contribution < -0.4 is 0 Å². The fourth-order valence-electron chi connectivity index (χ4n) is 0.684. The summed E-state index contributed by atoms with van der Waals surface area (Å²) < 4.78 is 0. The molecule has 2 heteroatoms. The van der Waals surface area contributed by atoms with Crippen LogP contribution in [0.15, 0.2) is 12.4 Å². The van der Waals surface area contributed by atoms with Crippen molar-refractivity contribution in [3.05, 3.63) is 24.4 Å². The van der Waals surface area contributed by atoms with Crippen LogP contribution in [-0.2, 0) is 0 Å². The number of rotatable bonds is 3. The number of aromatic amines is 1. The van der Waals surface area contributed by atoms with E-state index in [2.05, 4.69) is 23.5 Å². The van der Waals surface area contributed by atoms with Crippen LogP contribution in [-0.4, -0.2) is 10.2 Å². The quantitative estimate of drug-likeness (QED) is 0.651. The Labute approximate surface area is 55.3 Å². The Kier molecular flexibility index (Phi) is 2.31. The summed E-state index contributed by atoms with van der Waals surface area (Å²) in [4.78, 5) is 0. The summed E-state index contributed by atoms with van der Waals surface area (Å²) in [5, 5.41) is 6.58. The number of hydrogen-bond donors (Lipinski definition) is 1. The first kappa shape index (κ1) is 6.33. The van der Waals surface area contributed by atoms with Gasteiger partial charge in [-0.3, -0.25) is 5.10 Å². The van der Waals surface area contributed by atoms with Crippen LogP contribution in [0.4, 0.5) is 0 Å². The van der Waals surface area contributed by atoms with E-state index in [1.807, 2.05) is 12.4 Å². The summed E-state index contributed by atoms with van der Waals surface area (Å²) in [7, 11) is 0. The molecule has 1 heterocycles. The molecular formula is C7H11N2. The average Bonchev–Trinajstić information content (AvgIpc) is 2.34. The zero-order chi connectivity index (χ0) is 6.53. The lowest BCUT2D eigenvalue weighted by Crippen LogP contribution is -1.74. The summed E-state index contributed by atoms with van der Waals surface area (Å²) in [5.41, 5.74) is 1.19. The predicted molar refractivity (Wildman–Crippen MR) is 36.9 cm³/mol. The van der Waals surface area contributed by atoms with E-state index in [-0.39, 0.29) is 0 Å². The van der Waals surface area contributed by atoms with Crippen molar-refractivity contribution in [1.82, 2.24) is 10.2 Å². The van der Waals surface area contributed by atoms with Gasteiger partial charge in [0.2, 0.25) is 0 Å². The molecule has 0 aliphatic rings. The van der Waals surface area contributed by atoms with Crippen molar-refractivity contribution < 1.29 is 0 Å². The van der Waals surface area contributed by atoms with Gasteiger partial charge < -0.3 is 0 Å². The van der Waals surface area contributed by atoms with Crippen LogP contribution in [0.5, 0.6) is 0 Å². The lowest BCUT2D eigenvalue weighted by atomic mass is 10.2. The van der Waals surface area contributed by atoms with Crippen molar-refractivity contribution in [1.29, 1.82) is 0 Å². The van der Waals surface area contributed by atoms with Crippen LogP contribution in [0.25, 0.3) is 0 Å². The lowest BCUT2D eigenvalue weighted by molar-refractivity contribution is 0.914. The lowest BCUT2D eigenvalue weighted by Gasteiger charge is -1.88. The van der Waals surface area contributed by atoms with Crippen molar-refractivity contribution in [3.63, 3.8) is 0 Å². The van der Waals surface area contributed by atoms with Gasteiger partial charge in [0.05, 0.1) is 6.20 Å². The molecule has 0 unspecified atom stereocenters. The molecule has 1 aromatic heterocycles. The normalized spacial score (nSPS) is 9.89. The first-order valence-corrected chi connectivity index (χ1v) is 3.25. The van der Waals surface area contributed by atoms with Gasteiger partial charge >= 0.3 is 0 Å². The molecular weight excluding hydrogens is 112 g/mol. The maximum Gasteiger partial charge on any atom is 0.0522 e. The van der Waals surface area contributed by atoms with Crippen molar-refractivity contribution in [2.75, 3.05) is 0 Å². The standard InChI is InChI=1S/C7H11N2/c1-2-3-4-7-5-8-9-6-7/h4-6H,2-3H2,1H3,(H,8,9). The van der Waals surface area contributed by atoms with Crippen molar-refractivity contribution in [3.8, 4) is 0 Å². The Morgan fingerprint density at radius 2 is 2.67 bits per heavy atom. The second-order valence-corrected chi connectivity index (χ2v) is 2.02. The SMILES string of the molecule is CCC[CH]c1cn[nH]c1. The van der Waals surface area contributed by atoms with E-state index in [0.717, 1.165) is 6.42 Å². The predicted octanol–water partition coefficient (Wildman–Crippen LogP) is 1.76. The molecule has 0 aliphatic heterocycles. The molecule has 0 bridgehead atoms. The molecule has 0 saturated carbocycles. The second kappa shape index (κ2) is 3.28. The molecule has 49 valence electrons. The Bertz CT molecular complexity index is 144. The van der Waals surface area contributed by atoms with E-state index >= 15 is 0 Å². The molecule has 0 atom stereocenters. The first-order chi connectivity index (χ1) is 4.43. The molecule has 0 amide bonds. The maximum atomic E-state index is 3.82. The maximum absolute atomic E-state index is 3.82. The number of H-pyrrole nitrogens is 1. The van der Waals surface area contributed by atoms with Gasteiger partial charge in [-0.1, -0.05) is 13.3 Å². The van der Waals surface area contributed by atoms with Crippen LogP contribution in [0, 0.1) is 6.42 Å². The Morgan fingerprint density at radius 1 is 1.78 bits per heavy atom.